The monoisotopic (exact) mass is 565 g/mol. The zero-order valence-corrected chi connectivity index (χ0v) is 21.2. The third-order valence-electron chi connectivity index (χ3n) is 4.45. The van der Waals surface area contributed by atoms with Crippen LogP contribution in [0.1, 0.15) is 18.1 Å². The standard InChI is InChI=1S/C22H29F2N3O4.HI/c1-6-25-22(27(2)14-15-7-10-17(11-8-15)31-21(23)24)26-13-16-9-12-18(28-3)20(30-5)19(16)29-4;/h7-12,21H,6,13-14H2,1-5H3,(H,25,26);1H. The molecule has 0 radical (unpaired) electrons. The van der Waals surface area contributed by atoms with Gasteiger partial charge >= 0.3 is 6.61 Å². The van der Waals surface area contributed by atoms with Crippen LogP contribution in [0.4, 0.5) is 8.78 Å². The normalized spacial score (nSPS) is 10.9. The van der Waals surface area contributed by atoms with Crippen molar-refractivity contribution in [3.05, 3.63) is 47.5 Å². The van der Waals surface area contributed by atoms with Crippen molar-refractivity contribution in [2.75, 3.05) is 34.9 Å². The quantitative estimate of drug-likeness (QED) is 0.260. The van der Waals surface area contributed by atoms with Crippen LogP contribution >= 0.6 is 24.0 Å². The largest absolute Gasteiger partial charge is 0.493 e. The van der Waals surface area contributed by atoms with Crippen LogP contribution in [0.5, 0.6) is 23.0 Å². The summed E-state index contributed by atoms with van der Waals surface area (Å²) in [5.74, 6) is 2.48. The highest BCUT2D eigenvalue weighted by atomic mass is 127. The zero-order valence-electron chi connectivity index (χ0n) is 18.9. The summed E-state index contributed by atoms with van der Waals surface area (Å²) in [5, 5.41) is 3.25. The van der Waals surface area contributed by atoms with Gasteiger partial charge in [0.2, 0.25) is 5.75 Å². The van der Waals surface area contributed by atoms with Crippen LogP contribution in [0.15, 0.2) is 41.4 Å². The second-order valence-electron chi connectivity index (χ2n) is 6.54. The van der Waals surface area contributed by atoms with Crippen LogP contribution < -0.4 is 24.3 Å². The van der Waals surface area contributed by atoms with Crippen molar-refractivity contribution >= 4 is 29.9 Å². The van der Waals surface area contributed by atoms with E-state index in [0.717, 1.165) is 11.1 Å². The van der Waals surface area contributed by atoms with E-state index in [1.165, 1.54) is 12.1 Å². The van der Waals surface area contributed by atoms with E-state index >= 15 is 0 Å². The molecule has 178 valence electrons. The second-order valence-corrected chi connectivity index (χ2v) is 6.54. The fourth-order valence-corrected chi connectivity index (χ4v) is 3.04. The summed E-state index contributed by atoms with van der Waals surface area (Å²) in [6, 6.07) is 10.2. The number of benzene rings is 2. The van der Waals surface area contributed by atoms with Gasteiger partial charge in [0.15, 0.2) is 17.5 Å². The van der Waals surface area contributed by atoms with Gasteiger partial charge in [-0.3, -0.25) is 0 Å². The molecule has 10 heteroatoms. The Morgan fingerprint density at radius 1 is 1.00 bits per heavy atom. The smallest absolute Gasteiger partial charge is 0.387 e. The number of methoxy groups -OCH3 is 3. The highest BCUT2D eigenvalue weighted by Crippen LogP contribution is 2.40. The predicted octanol–water partition coefficient (Wildman–Crippen LogP) is 4.53. The average Bonchev–Trinajstić information content (AvgIpc) is 2.76. The van der Waals surface area contributed by atoms with Gasteiger partial charge in [-0.2, -0.15) is 8.78 Å². The summed E-state index contributed by atoms with van der Waals surface area (Å²) in [7, 11) is 6.60. The summed E-state index contributed by atoms with van der Waals surface area (Å²) in [6.07, 6.45) is 0. The molecule has 0 bridgehead atoms. The Hall–Kier alpha value is -2.50. The lowest BCUT2D eigenvalue weighted by Gasteiger charge is -2.22. The van der Waals surface area contributed by atoms with E-state index in [0.29, 0.717) is 42.8 Å². The third kappa shape index (κ3) is 7.57. The molecule has 2 aromatic rings. The highest BCUT2D eigenvalue weighted by molar-refractivity contribution is 14.0. The molecule has 0 unspecified atom stereocenters. The minimum absolute atomic E-state index is 0. The zero-order chi connectivity index (χ0) is 22.8. The topological polar surface area (TPSA) is 64.6 Å². The van der Waals surface area contributed by atoms with Gasteiger partial charge in [-0.15, -0.1) is 24.0 Å². The van der Waals surface area contributed by atoms with Crippen molar-refractivity contribution in [3.8, 4) is 23.0 Å². The van der Waals surface area contributed by atoms with E-state index in [4.69, 9.17) is 19.2 Å². The van der Waals surface area contributed by atoms with Crippen molar-refractivity contribution in [1.29, 1.82) is 0 Å². The molecule has 0 saturated heterocycles. The number of nitrogens with one attached hydrogen (secondary N) is 1. The first kappa shape index (κ1) is 27.5. The molecule has 0 atom stereocenters. The maximum atomic E-state index is 12.3. The van der Waals surface area contributed by atoms with Crippen molar-refractivity contribution in [2.45, 2.75) is 26.6 Å². The van der Waals surface area contributed by atoms with Gasteiger partial charge in [0.25, 0.3) is 0 Å². The Morgan fingerprint density at radius 3 is 2.19 bits per heavy atom. The fourth-order valence-electron chi connectivity index (χ4n) is 3.04. The lowest BCUT2D eigenvalue weighted by atomic mass is 10.1. The van der Waals surface area contributed by atoms with Gasteiger partial charge in [0, 0.05) is 25.7 Å². The molecule has 2 aromatic carbocycles. The van der Waals surface area contributed by atoms with E-state index in [9.17, 15) is 8.78 Å². The SMILES string of the molecule is CCNC(=NCc1ccc(OC)c(OC)c1OC)N(C)Cc1ccc(OC(F)F)cc1.I. The van der Waals surface area contributed by atoms with E-state index in [1.54, 1.807) is 33.5 Å². The summed E-state index contributed by atoms with van der Waals surface area (Å²) in [4.78, 5) is 6.65. The van der Waals surface area contributed by atoms with Gasteiger partial charge in [-0.05, 0) is 36.8 Å². The summed E-state index contributed by atoms with van der Waals surface area (Å²) >= 11 is 0. The maximum Gasteiger partial charge on any atom is 0.387 e. The molecule has 0 fully saturated rings. The molecule has 0 aliphatic heterocycles. The molecule has 2 rings (SSSR count). The maximum absolute atomic E-state index is 12.3. The number of rotatable bonds is 10. The number of halogens is 3. The van der Waals surface area contributed by atoms with E-state index in [1.807, 2.05) is 31.0 Å². The Kier molecular flexibility index (Phi) is 11.9. The van der Waals surface area contributed by atoms with Gasteiger partial charge in [0.1, 0.15) is 5.75 Å². The summed E-state index contributed by atoms with van der Waals surface area (Å²) in [5.41, 5.74) is 1.77. The van der Waals surface area contributed by atoms with Crippen LogP contribution in [0.3, 0.4) is 0 Å². The van der Waals surface area contributed by atoms with Crippen molar-refractivity contribution in [1.82, 2.24) is 10.2 Å². The van der Waals surface area contributed by atoms with Crippen molar-refractivity contribution in [3.63, 3.8) is 0 Å². The lowest BCUT2D eigenvalue weighted by Crippen LogP contribution is -2.38. The lowest BCUT2D eigenvalue weighted by molar-refractivity contribution is -0.0498. The summed E-state index contributed by atoms with van der Waals surface area (Å²) in [6.45, 7) is 0.723. The molecule has 7 nitrogen and oxygen atoms in total. The molecule has 0 heterocycles. The number of guanidine groups is 1. The molecule has 32 heavy (non-hydrogen) atoms. The average molecular weight is 565 g/mol. The van der Waals surface area contributed by atoms with Crippen LogP contribution in [0.25, 0.3) is 0 Å². The first-order valence-corrected chi connectivity index (χ1v) is 9.74. The number of hydrogen-bond donors (Lipinski definition) is 1. The number of nitrogens with zero attached hydrogens (tertiary/aromatic N) is 2. The van der Waals surface area contributed by atoms with Gasteiger partial charge < -0.3 is 29.2 Å². The second kappa shape index (κ2) is 13.8. The molecule has 0 saturated carbocycles. The number of alkyl halides is 2. The third-order valence-corrected chi connectivity index (χ3v) is 4.45. The van der Waals surface area contributed by atoms with E-state index in [2.05, 4.69) is 10.1 Å². The van der Waals surface area contributed by atoms with E-state index in [-0.39, 0.29) is 29.7 Å². The minimum atomic E-state index is -2.84. The Bertz CT molecular complexity index is 867. The molecule has 0 spiro atoms. The summed E-state index contributed by atoms with van der Waals surface area (Å²) < 4.78 is 45.3. The molecular formula is C22H30F2IN3O4. The van der Waals surface area contributed by atoms with Gasteiger partial charge in [-0.1, -0.05) is 12.1 Å². The van der Waals surface area contributed by atoms with Crippen LogP contribution in [0, 0.1) is 0 Å². The van der Waals surface area contributed by atoms with Crippen molar-refractivity contribution < 1.29 is 27.7 Å². The Balaban J connectivity index is 0.00000512. The van der Waals surface area contributed by atoms with Crippen molar-refractivity contribution in [2.24, 2.45) is 4.99 Å². The predicted molar refractivity (Wildman–Crippen MR) is 131 cm³/mol. The fraction of sp³-hybridized carbons (Fsp3) is 0.409. The highest BCUT2D eigenvalue weighted by Gasteiger charge is 2.16. The molecule has 1 N–H and O–H groups in total. The number of aliphatic imine (C=N–C) groups is 1. The van der Waals surface area contributed by atoms with Crippen LogP contribution in [0.2, 0.25) is 0 Å². The van der Waals surface area contributed by atoms with Gasteiger partial charge in [-0.25, -0.2) is 4.99 Å². The number of ether oxygens (including phenoxy) is 4. The van der Waals surface area contributed by atoms with Gasteiger partial charge in [0.05, 0.1) is 27.9 Å². The Morgan fingerprint density at radius 2 is 1.66 bits per heavy atom. The number of hydrogen-bond acceptors (Lipinski definition) is 5. The molecule has 0 aliphatic carbocycles. The first-order chi connectivity index (χ1) is 14.9. The minimum Gasteiger partial charge on any atom is -0.493 e. The van der Waals surface area contributed by atoms with Crippen LogP contribution in [-0.4, -0.2) is 52.4 Å². The first-order valence-electron chi connectivity index (χ1n) is 9.74. The molecule has 0 amide bonds. The molecular weight excluding hydrogens is 535 g/mol. The van der Waals surface area contributed by atoms with E-state index < -0.39 is 6.61 Å². The molecule has 0 aliphatic rings. The Labute approximate surface area is 204 Å². The molecule has 0 aromatic heterocycles. The van der Waals surface area contributed by atoms with Crippen LogP contribution in [-0.2, 0) is 13.1 Å².